The van der Waals surface area contributed by atoms with Crippen molar-refractivity contribution < 1.29 is 23.9 Å². The number of hydrogen-bond donors (Lipinski definition) is 0. The minimum Gasteiger partial charge on any atom is -0.426 e. The van der Waals surface area contributed by atoms with E-state index in [1.807, 2.05) is 44.2 Å². The predicted octanol–water partition coefficient (Wildman–Crippen LogP) is 4.11. The van der Waals surface area contributed by atoms with E-state index in [4.69, 9.17) is 4.74 Å². The standard InChI is InChI=1S/C28H28N2O5/c1-16-5-4-6-20(11-16)29-15-19(14-25(29)31)28(34)35-21-8-10-24(18(3)13-21)30-26(32)22-9-7-17(2)12-23(22)27(30)33/h4-8,10-11,13,19,22-23H,9,12,14-15H2,1-3H3/t19-,22+,23+/m1/s1. The summed E-state index contributed by atoms with van der Waals surface area (Å²) in [5.74, 6) is -1.77. The highest BCUT2D eigenvalue weighted by Gasteiger charge is 2.49. The number of rotatable bonds is 4. The van der Waals surface area contributed by atoms with Crippen LogP contribution in [0.1, 0.15) is 37.3 Å². The third-order valence-corrected chi connectivity index (χ3v) is 7.22. The molecule has 7 heteroatoms. The zero-order chi connectivity index (χ0) is 24.9. The lowest BCUT2D eigenvalue weighted by Crippen LogP contribution is -2.31. The van der Waals surface area contributed by atoms with Crippen LogP contribution in [0.4, 0.5) is 11.4 Å². The second-order valence-corrected chi connectivity index (χ2v) is 9.83. The summed E-state index contributed by atoms with van der Waals surface area (Å²) in [7, 11) is 0. The number of benzene rings is 2. The van der Waals surface area contributed by atoms with Gasteiger partial charge in [-0.2, -0.15) is 0 Å². The number of amides is 3. The molecular formula is C28H28N2O5. The first-order valence-electron chi connectivity index (χ1n) is 12.0. The van der Waals surface area contributed by atoms with Gasteiger partial charge in [0.15, 0.2) is 0 Å². The highest BCUT2D eigenvalue weighted by molar-refractivity contribution is 6.22. The van der Waals surface area contributed by atoms with Crippen LogP contribution in [-0.2, 0) is 19.2 Å². The van der Waals surface area contributed by atoms with Gasteiger partial charge in [0.25, 0.3) is 0 Å². The van der Waals surface area contributed by atoms with E-state index < -0.39 is 11.9 Å². The van der Waals surface area contributed by atoms with Crippen LogP contribution in [0, 0.1) is 31.6 Å². The van der Waals surface area contributed by atoms with Crippen LogP contribution in [0.15, 0.2) is 54.1 Å². The van der Waals surface area contributed by atoms with E-state index in [2.05, 4.69) is 0 Å². The molecule has 0 radical (unpaired) electrons. The van der Waals surface area contributed by atoms with Gasteiger partial charge in [0.1, 0.15) is 5.75 Å². The number of carbonyl (C=O) groups excluding carboxylic acids is 4. The van der Waals surface area contributed by atoms with E-state index in [0.717, 1.165) is 16.8 Å². The van der Waals surface area contributed by atoms with Gasteiger partial charge >= 0.3 is 5.97 Å². The van der Waals surface area contributed by atoms with E-state index in [9.17, 15) is 19.2 Å². The number of fused-ring (bicyclic) bond motifs is 1. The van der Waals surface area contributed by atoms with Crippen LogP contribution in [0.3, 0.4) is 0 Å². The summed E-state index contributed by atoms with van der Waals surface area (Å²) in [5, 5.41) is 0. The number of esters is 1. The molecule has 2 saturated heterocycles. The SMILES string of the molecule is CC1=CC[C@@H]2C(=O)N(c3ccc(OC(=O)[C@@H]4CC(=O)N(c5cccc(C)c5)C4)cc3C)C(=O)[C@H]2C1. The Morgan fingerprint density at radius 1 is 0.943 bits per heavy atom. The summed E-state index contributed by atoms with van der Waals surface area (Å²) in [6.45, 7) is 6.00. The van der Waals surface area contributed by atoms with Crippen molar-refractivity contribution in [3.05, 3.63) is 65.2 Å². The van der Waals surface area contributed by atoms with Crippen LogP contribution < -0.4 is 14.5 Å². The van der Waals surface area contributed by atoms with E-state index in [1.54, 1.807) is 30.0 Å². The molecule has 2 aromatic rings. The van der Waals surface area contributed by atoms with Crippen molar-refractivity contribution in [3.63, 3.8) is 0 Å². The highest BCUT2D eigenvalue weighted by Crippen LogP contribution is 2.41. The van der Waals surface area contributed by atoms with Gasteiger partial charge < -0.3 is 9.64 Å². The summed E-state index contributed by atoms with van der Waals surface area (Å²) < 4.78 is 5.60. The number of nitrogens with zero attached hydrogens (tertiary/aromatic N) is 2. The van der Waals surface area contributed by atoms with Crippen LogP contribution in [0.5, 0.6) is 5.75 Å². The normalized spacial score (nSPS) is 24.0. The first-order chi connectivity index (χ1) is 16.7. The Balaban J connectivity index is 1.28. The molecule has 3 amide bonds. The average Bonchev–Trinajstić information content (AvgIpc) is 3.32. The molecule has 5 rings (SSSR count). The minimum atomic E-state index is -0.566. The van der Waals surface area contributed by atoms with E-state index in [-0.39, 0.29) is 42.5 Å². The molecule has 2 aliphatic heterocycles. The van der Waals surface area contributed by atoms with Crippen molar-refractivity contribution in [2.24, 2.45) is 17.8 Å². The zero-order valence-electron chi connectivity index (χ0n) is 20.1. The third kappa shape index (κ3) is 4.16. The number of anilines is 2. The van der Waals surface area contributed by atoms with Crippen molar-refractivity contribution >= 4 is 35.1 Å². The van der Waals surface area contributed by atoms with Crippen LogP contribution >= 0.6 is 0 Å². The number of allylic oxidation sites excluding steroid dienone is 2. The summed E-state index contributed by atoms with van der Waals surface area (Å²) >= 11 is 0. The molecule has 35 heavy (non-hydrogen) atoms. The molecule has 0 unspecified atom stereocenters. The number of ether oxygens (including phenoxy) is 1. The van der Waals surface area contributed by atoms with Crippen molar-refractivity contribution in [1.82, 2.24) is 0 Å². The number of hydrogen-bond acceptors (Lipinski definition) is 5. The first kappa shape index (κ1) is 23.0. The van der Waals surface area contributed by atoms with Crippen LogP contribution in [0.25, 0.3) is 0 Å². The molecule has 0 spiro atoms. The molecule has 3 aliphatic rings. The van der Waals surface area contributed by atoms with Gasteiger partial charge in [-0.1, -0.05) is 23.8 Å². The minimum absolute atomic E-state index is 0.0941. The molecule has 180 valence electrons. The van der Waals surface area contributed by atoms with Gasteiger partial charge in [0, 0.05) is 18.7 Å². The lowest BCUT2D eigenvalue weighted by molar-refractivity contribution is -0.139. The summed E-state index contributed by atoms with van der Waals surface area (Å²) in [5.41, 5.74) is 4.14. The molecular weight excluding hydrogens is 444 g/mol. The van der Waals surface area contributed by atoms with Gasteiger partial charge in [-0.05, 0) is 75.1 Å². The third-order valence-electron chi connectivity index (χ3n) is 7.22. The molecule has 2 heterocycles. The van der Waals surface area contributed by atoms with Gasteiger partial charge in [-0.3, -0.25) is 19.2 Å². The van der Waals surface area contributed by atoms with Gasteiger partial charge in [-0.25, -0.2) is 4.90 Å². The number of imide groups is 1. The molecule has 2 fully saturated rings. The van der Waals surface area contributed by atoms with E-state index in [1.165, 1.54) is 4.90 Å². The summed E-state index contributed by atoms with van der Waals surface area (Å²) in [6.07, 6.45) is 3.34. The molecule has 0 aromatic heterocycles. The van der Waals surface area contributed by atoms with Gasteiger partial charge in [-0.15, -0.1) is 0 Å². The number of carbonyl (C=O) groups is 4. The van der Waals surface area contributed by atoms with E-state index in [0.29, 0.717) is 29.8 Å². The molecule has 2 aromatic carbocycles. The Morgan fingerprint density at radius 3 is 2.46 bits per heavy atom. The van der Waals surface area contributed by atoms with Crippen molar-refractivity contribution in [1.29, 1.82) is 0 Å². The fourth-order valence-electron chi connectivity index (χ4n) is 5.33. The monoisotopic (exact) mass is 472 g/mol. The zero-order valence-corrected chi connectivity index (χ0v) is 20.1. The Hall–Kier alpha value is -3.74. The smallest absolute Gasteiger partial charge is 0.316 e. The molecule has 0 N–H and O–H groups in total. The Bertz CT molecular complexity index is 1280. The molecule has 0 bridgehead atoms. The molecule has 3 atom stereocenters. The molecule has 0 saturated carbocycles. The lowest BCUT2D eigenvalue weighted by atomic mass is 9.82. The maximum atomic E-state index is 13.0. The largest absolute Gasteiger partial charge is 0.426 e. The quantitative estimate of drug-likeness (QED) is 0.289. The summed E-state index contributed by atoms with van der Waals surface area (Å²) in [6, 6.07) is 12.5. The lowest BCUT2D eigenvalue weighted by Gasteiger charge is -2.19. The average molecular weight is 473 g/mol. The Labute approximate surface area is 204 Å². The molecule has 7 nitrogen and oxygen atoms in total. The van der Waals surface area contributed by atoms with E-state index >= 15 is 0 Å². The van der Waals surface area contributed by atoms with Crippen molar-refractivity contribution in [2.45, 2.75) is 40.0 Å². The predicted molar refractivity (Wildman–Crippen MR) is 131 cm³/mol. The van der Waals surface area contributed by atoms with Gasteiger partial charge in [0.05, 0.1) is 23.4 Å². The maximum Gasteiger partial charge on any atom is 0.316 e. The van der Waals surface area contributed by atoms with Crippen molar-refractivity contribution in [3.8, 4) is 5.75 Å². The fourth-order valence-corrected chi connectivity index (χ4v) is 5.33. The first-order valence-corrected chi connectivity index (χ1v) is 12.0. The Morgan fingerprint density at radius 2 is 1.71 bits per heavy atom. The summed E-state index contributed by atoms with van der Waals surface area (Å²) in [4.78, 5) is 54.3. The van der Waals surface area contributed by atoms with Crippen LogP contribution in [0.2, 0.25) is 0 Å². The fraction of sp³-hybridized carbons (Fsp3) is 0.357. The Kier molecular flexibility index (Phi) is 5.79. The van der Waals surface area contributed by atoms with Crippen molar-refractivity contribution in [2.75, 3.05) is 16.3 Å². The maximum absolute atomic E-state index is 13.0. The van der Waals surface area contributed by atoms with Gasteiger partial charge in [0.2, 0.25) is 17.7 Å². The molecule has 1 aliphatic carbocycles. The topological polar surface area (TPSA) is 84.0 Å². The second kappa shape index (κ2) is 8.80. The van der Waals surface area contributed by atoms with Crippen LogP contribution in [-0.4, -0.2) is 30.2 Å². The second-order valence-electron chi connectivity index (χ2n) is 9.83. The number of aryl methyl sites for hydroxylation is 2. The highest BCUT2D eigenvalue weighted by atomic mass is 16.5.